The zero-order valence-electron chi connectivity index (χ0n) is 8.32. The number of carbonyl (C=O) groups excluding carboxylic acids is 1. The number of ether oxygens (including phenoxy) is 1. The minimum atomic E-state index is -0.149. The molecule has 1 saturated heterocycles. The van der Waals surface area contributed by atoms with Gasteiger partial charge in [0.1, 0.15) is 0 Å². The first-order valence-corrected chi connectivity index (χ1v) is 5.05. The fraction of sp³-hybridized carbons (Fsp3) is 0.900. The first-order valence-electron chi connectivity index (χ1n) is 5.05. The molecular weight excluding hydrogens is 166 g/mol. The summed E-state index contributed by atoms with van der Waals surface area (Å²) in [5.41, 5.74) is 0. The first-order chi connectivity index (χ1) is 6.22. The maximum absolute atomic E-state index is 11.3. The zero-order valence-corrected chi connectivity index (χ0v) is 8.32. The summed E-state index contributed by atoms with van der Waals surface area (Å²) < 4.78 is 4.74. The van der Waals surface area contributed by atoms with Crippen LogP contribution in [0.2, 0.25) is 0 Å². The quantitative estimate of drug-likeness (QED) is 0.572. The number of methoxy groups -OCH3 is 1. The smallest absolute Gasteiger partial charge is 0.409 e. The van der Waals surface area contributed by atoms with Crippen molar-refractivity contribution in [2.75, 3.05) is 20.2 Å². The molecule has 1 amide bonds. The molecule has 0 N–H and O–H groups in total. The average Bonchev–Trinajstić information content (AvgIpc) is 2.42. The van der Waals surface area contributed by atoms with E-state index >= 15 is 0 Å². The van der Waals surface area contributed by atoms with E-state index in [0.717, 1.165) is 30.8 Å². The highest BCUT2D eigenvalue weighted by atomic mass is 16.5. The summed E-state index contributed by atoms with van der Waals surface area (Å²) in [7, 11) is 1.46. The maximum Gasteiger partial charge on any atom is 0.409 e. The van der Waals surface area contributed by atoms with Crippen LogP contribution in [0.4, 0.5) is 4.79 Å². The van der Waals surface area contributed by atoms with Gasteiger partial charge in [-0.15, -0.1) is 0 Å². The Morgan fingerprint density at radius 3 is 2.31 bits per heavy atom. The van der Waals surface area contributed by atoms with Gasteiger partial charge < -0.3 is 9.64 Å². The summed E-state index contributed by atoms with van der Waals surface area (Å²) in [5.74, 6) is 2.25. The SMILES string of the molecule is COC(=O)N1CC2CCC(C1)C2C. The Balaban J connectivity index is 2.02. The second-order valence-electron chi connectivity index (χ2n) is 4.33. The summed E-state index contributed by atoms with van der Waals surface area (Å²) in [4.78, 5) is 13.2. The van der Waals surface area contributed by atoms with E-state index in [0.29, 0.717) is 0 Å². The lowest BCUT2D eigenvalue weighted by molar-refractivity contribution is 0.0818. The Kier molecular flexibility index (Phi) is 2.18. The average molecular weight is 183 g/mol. The highest BCUT2D eigenvalue weighted by Gasteiger charge is 2.40. The second-order valence-corrected chi connectivity index (χ2v) is 4.33. The van der Waals surface area contributed by atoms with Crippen LogP contribution in [0.1, 0.15) is 19.8 Å². The van der Waals surface area contributed by atoms with Crippen LogP contribution < -0.4 is 0 Å². The molecule has 0 aromatic heterocycles. The first kappa shape index (κ1) is 8.85. The minimum Gasteiger partial charge on any atom is -0.453 e. The van der Waals surface area contributed by atoms with Crippen molar-refractivity contribution in [1.82, 2.24) is 4.90 Å². The number of piperidine rings is 1. The normalized spacial score (nSPS) is 37.7. The van der Waals surface area contributed by atoms with Gasteiger partial charge in [-0.05, 0) is 30.6 Å². The molecule has 1 aliphatic carbocycles. The second kappa shape index (κ2) is 3.20. The summed E-state index contributed by atoms with van der Waals surface area (Å²) in [6.45, 7) is 4.13. The number of likely N-dealkylation sites (tertiary alicyclic amines) is 1. The lowest BCUT2D eigenvalue weighted by atomic mass is 9.87. The van der Waals surface area contributed by atoms with Gasteiger partial charge >= 0.3 is 6.09 Å². The number of rotatable bonds is 0. The molecule has 0 radical (unpaired) electrons. The van der Waals surface area contributed by atoms with E-state index in [4.69, 9.17) is 4.74 Å². The summed E-state index contributed by atoms with van der Waals surface area (Å²) >= 11 is 0. The van der Waals surface area contributed by atoms with Gasteiger partial charge in [-0.3, -0.25) is 0 Å². The Hall–Kier alpha value is -0.730. The third-order valence-corrected chi connectivity index (χ3v) is 3.74. The van der Waals surface area contributed by atoms with Crippen molar-refractivity contribution in [2.24, 2.45) is 17.8 Å². The highest BCUT2D eigenvalue weighted by molar-refractivity contribution is 5.67. The van der Waals surface area contributed by atoms with Crippen molar-refractivity contribution in [3.63, 3.8) is 0 Å². The number of amides is 1. The van der Waals surface area contributed by atoms with Crippen LogP contribution in [0.3, 0.4) is 0 Å². The molecule has 3 nitrogen and oxygen atoms in total. The monoisotopic (exact) mass is 183 g/mol. The van der Waals surface area contributed by atoms with Crippen LogP contribution >= 0.6 is 0 Å². The van der Waals surface area contributed by atoms with Gasteiger partial charge in [-0.25, -0.2) is 4.79 Å². The van der Waals surface area contributed by atoms with Crippen molar-refractivity contribution < 1.29 is 9.53 Å². The Morgan fingerprint density at radius 1 is 1.31 bits per heavy atom. The Bertz CT molecular complexity index is 203. The minimum absolute atomic E-state index is 0.149. The van der Waals surface area contributed by atoms with E-state index < -0.39 is 0 Å². The predicted octanol–water partition coefficient (Wildman–Crippen LogP) is 1.73. The molecule has 0 spiro atoms. The molecule has 2 aliphatic rings. The molecule has 2 rings (SSSR count). The summed E-state index contributed by atoms with van der Waals surface area (Å²) in [6, 6.07) is 0. The maximum atomic E-state index is 11.3. The third-order valence-electron chi connectivity index (χ3n) is 3.74. The molecule has 1 heterocycles. The number of carbonyl (C=O) groups is 1. The van der Waals surface area contributed by atoms with E-state index in [2.05, 4.69) is 6.92 Å². The van der Waals surface area contributed by atoms with Gasteiger partial charge in [0.25, 0.3) is 0 Å². The standard InChI is InChI=1S/C10H17NO2/c1-7-8-3-4-9(7)6-11(5-8)10(12)13-2/h7-9H,3-6H2,1-2H3. The molecule has 74 valence electrons. The fourth-order valence-electron chi connectivity index (χ4n) is 2.77. The van der Waals surface area contributed by atoms with Gasteiger partial charge in [-0.1, -0.05) is 6.92 Å². The number of hydrogen-bond donors (Lipinski definition) is 0. The van der Waals surface area contributed by atoms with Gasteiger partial charge in [0.2, 0.25) is 0 Å². The van der Waals surface area contributed by atoms with E-state index in [9.17, 15) is 4.79 Å². The van der Waals surface area contributed by atoms with E-state index in [1.165, 1.54) is 20.0 Å². The molecule has 2 unspecified atom stereocenters. The van der Waals surface area contributed by atoms with Crippen molar-refractivity contribution in [3.05, 3.63) is 0 Å². The topological polar surface area (TPSA) is 29.5 Å². The lowest BCUT2D eigenvalue weighted by Crippen LogP contribution is -2.44. The molecule has 13 heavy (non-hydrogen) atoms. The van der Waals surface area contributed by atoms with Gasteiger partial charge in [0.05, 0.1) is 7.11 Å². The van der Waals surface area contributed by atoms with Gasteiger partial charge in [0, 0.05) is 13.1 Å². The fourth-order valence-corrected chi connectivity index (χ4v) is 2.77. The molecule has 2 fully saturated rings. The summed E-state index contributed by atoms with van der Waals surface area (Å²) in [5, 5.41) is 0. The largest absolute Gasteiger partial charge is 0.453 e. The number of nitrogens with zero attached hydrogens (tertiary/aromatic N) is 1. The molecule has 2 bridgehead atoms. The number of hydrogen-bond acceptors (Lipinski definition) is 2. The van der Waals surface area contributed by atoms with Crippen LogP contribution in [0.25, 0.3) is 0 Å². The third kappa shape index (κ3) is 1.40. The van der Waals surface area contributed by atoms with Crippen molar-refractivity contribution in [1.29, 1.82) is 0 Å². The lowest BCUT2D eigenvalue weighted by Gasteiger charge is -2.35. The van der Waals surface area contributed by atoms with Crippen molar-refractivity contribution >= 4 is 6.09 Å². The van der Waals surface area contributed by atoms with Crippen molar-refractivity contribution in [3.8, 4) is 0 Å². The molecular formula is C10H17NO2. The van der Waals surface area contributed by atoms with Crippen LogP contribution in [0.15, 0.2) is 0 Å². The van der Waals surface area contributed by atoms with Crippen LogP contribution in [0, 0.1) is 17.8 Å². The van der Waals surface area contributed by atoms with Crippen LogP contribution in [0.5, 0.6) is 0 Å². The van der Waals surface area contributed by atoms with E-state index in [-0.39, 0.29) is 6.09 Å². The molecule has 1 aliphatic heterocycles. The van der Waals surface area contributed by atoms with Crippen LogP contribution in [-0.4, -0.2) is 31.2 Å². The number of fused-ring (bicyclic) bond motifs is 2. The molecule has 1 saturated carbocycles. The van der Waals surface area contributed by atoms with E-state index in [1.807, 2.05) is 4.90 Å². The van der Waals surface area contributed by atoms with Gasteiger partial charge in [0.15, 0.2) is 0 Å². The Labute approximate surface area is 79.0 Å². The highest BCUT2D eigenvalue weighted by Crippen LogP contribution is 2.41. The molecule has 3 heteroatoms. The van der Waals surface area contributed by atoms with E-state index in [1.54, 1.807) is 0 Å². The van der Waals surface area contributed by atoms with Gasteiger partial charge in [-0.2, -0.15) is 0 Å². The predicted molar refractivity (Wildman–Crippen MR) is 49.4 cm³/mol. The molecule has 2 atom stereocenters. The molecule has 0 aromatic rings. The zero-order chi connectivity index (χ0) is 9.42. The summed E-state index contributed by atoms with van der Waals surface area (Å²) in [6.07, 6.45) is 2.43. The Morgan fingerprint density at radius 2 is 1.85 bits per heavy atom. The molecule has 0 aromatic carbocycles. The van der Waals surface area contributed by atoms with Crippen LogP contribution in [-0.2, 0) is 4.74 Å². The van der Waals surface area contributed by atoms with Crippen molar-refractivity contribution in [2.45, 2.75) is 19.8 Å².